The van der Waals surface area contributed by atoms with Crippen LogP contribution in [0.15, 0.2) is 42.5 Å². The van der Waals surface area contributed by atoms with Crippen molar-refractivity contribution in [2.24, 2.45) is 0 Å². The molecule has 16 heavy (non-hydrogen) atoms. The maximum absolute atomic E-state index is 2.52. The van der Waals surface area contributed by atoms with Crippen molar-refractivity contribution < 1.29 is 0 Å². The topological polar surface area (TPSA) is 3.01 Å². The summed E-state index contributed by atoms with van der Waals surface area (Å²) in [4.78, 5) is 2.52. The van der Waals surface area contributed by atoms with E-state index < -0.39 is 0 Å². The summed E-state index contributed by atoms with van der Waals surface area (Å²) in [6.07, 6.45) is 0. The van der Waals surface area contributed by atoms with Gasteiger partial charge in [0.2, 0.25) is 0 Å². The van der Waals surface area contributed by atoms with Crippen LogP contribution in [0.2, 0.25) is 0 Å². The highest BCUT2D eigenvalue weighted by Crippen LogP contribution is 2.37. The third-order valence-corrected chi connectivity index (χ3v) is 3.47. The molecule has 0 N–H and O–H groups in total. The molecule has 0 saturated carbocycles. The van der Waals surface area contributed by atoms with Gasteiger partial charge in [-0.25, -0.2) is 0 Å². The maximum atomic E-state index is 2.52. The molecule has 82 valence electrons. The lowest BCUT2D eigenvalue weighted by atomic mass is 10.1. The third kappa shape index (κ3) is 1.61. The molecule has 0 bridgehead atoms. The van der Waals surface area contributed by atoms with Crippen molar-refractivity contribution in [2.75, 3.05) is 6.54 Å². The average molecular weight is 211 g/mol. The van der Waals surface area contributed by atoms with E-state index in [0.717, 1.165) is 0 Å². The number of rotatable bonds is 2. The minimum atomic E-state index is 0.657. The Morgan fingerprint density at radius 1 is 1.06 bits per heavy atom. The molecule has 3 rings (SSSR count). The summed E-state index contributed by atoms with van der Waals surface area (Å²) in [5, 5.41) is 2.69. The molecule has 1 heteroatoms. The Labute approximate surface area is 96.7 Å². The summed E-state index contributed by atoms with van der Waals surface area (Å²) in [5.41, 5.74) is 1.47. The minimum absolute atomic E-state index is 0.657. The van der Waals surface area contributed by atoms with Crippen LogP contribution in [0, 0.1) is 0 Å². The zero-order chi connectivity index (χ0) is 11.1. The van der Waals surface area contributed by atoms with Gasteiger partial charge >= 0.3 is 0 Å². The van der Waals surface area contributed by atoms with Gasteiger partial charge in [-0.05, 0) is 36.2 Å². The Bertz CT molecular complexity index is 516. The van der Waals surface area contributed by atoms with Crippen LogP contribution >= 0.6 is 0 Å². The van der Waals surface area contributed by atoms with Crippen LogP contribution in [-0.2, 0) is 0 Å². The average Bonchev–Trinajstić information content (AvgIpc) is 3.08. The third-order valence-electron chi connectivity index (χ3n) is 3.47. The van der Waals surface area contributed by atoms with E-state index in [4.69, 9.17) is 0 Å². The summed E-state index contributed by atoms with van der Waals surface area (Å²) in [6, 6.07) is 16.7. The van der Waals surface area contributed by atoms with Gasteiger partial charge in [0.05, 0.1) is 0 Å². The first-order valence-electron chi connectivity index (χ1n) is 6.00. The molecule has 0 aromatic heterocycles. The Balaban J connectivity index is 1.95. The molecule has 0 radical (unpaired) electrons. The van der Waals surface area contributed by atoms with Crippen LogP contribution in [0.3, 0.4) is 0 Å². The van der Waals surface area contributed by atoms with E-state index in [1.54, 1.807) is 0 Å². The molecule has 0 spiro atoms. The Morgan fingerprint density at radius 3 is 2.50 bits per heavy atom. The highest BCUT2D eigenvalue weighted by atomic mass is 15.3. The van der Waals surface area contributed by atoms with Gasteiger partial charge in [-0.2, -0.15) is 0 Å². The summed E-state index contributed by atoms with van der Waals surface area (Å²) in [7, 11) is 0. The smallest absolute Gasteiger partial charge is 0.0479 e. The van der Waals surface area contributed by atoms with Gasteiger partial charge in [0.15, 0.2) is 0 Å². The second-order valence-electron chi connectivity index (χ2n) is 4.91. The van der Waals surface area contributed by atoms with Crippen LogP contribution in [0.25, 0.3) is 10.8 Å². The minimum Gasteiger partial charge on any atom is -0.291 e. The normalized spacial score (nSPS) is 23.9. The van der Waals surface area contributed by atoms with Crippen molar-refractivity contribution in [3.05, 3.63) is 48.0 Å². The number of benzene rings is 2. The van der Waals surface area contributed by atoms with Gasteiger partial charge < -0.3 is 0 Å². The molecule has 0 aliphatic carbocycles. The molecule has 0 amide bonds. The quantitative estimate of drug-likeness (QED) is 0.686. The molecule has 1 fully saturated rings. The van der Waals surface area contributed by atoms with Gasteiger partial charge in [-0.3, -0.25) is 4.90 Å². The van der Waals surface area contributed by atoms with Gasteiger partial charge in [0.1, 0.15) is 0 Å². The molecular weight excluding hydrogens is 194 g/mol. The Kier molecular flexibility index (Phi) is 2.22. The predicted octanol–water partition coefficient (Wildman–Crippen LogP) is 3.60. The first-order chi connectivity index (χ1) is 7.75. The maximum Gasteiger partial charge on any atom is 0.0479 e. The molecule has 1 aliphatic heterocycles. The van der Waals surface area contributed by atoms with Crippen LogP contribution in [0.1, 0.15) is 25.5 Å². The standard InChI is InChI=1S/C15H17N/c1-11(2)16-10-15(16)14-8-7-12-5-3-4-6-13(12)9-14/h3-9,11,15H,10H2,1-2H3/t15-,16?/m0/s1. The van der Waals surface area contributed by atoms with E-state index in [-0.39, 0.29) is 0 Å². The number of nitrogens with zero attached hydrogens (tertiary/aromatic N) is 1. The van der Waals surface area contributed by atoms with Crippen molar-refractivity contribution in [3.63, 3.8) is 0 Å². The lowest BCUT2D eigenvalue weighted by Crippen LogP contribution is -2.09. The van der Waals surface area contributed by atoms with Crippen LogP contribution in [0.4, 0.5) is 0 Å². The van der Waals surface area contributed by atoms with E-state index in [0.29, 0.717) is 12.1 Å². The fraction of sp³-hybridized carbons (Fsp3) is 0.333. The molecule has 1 aliphatic rings. The molecule has 2 atom stereocenters. The summed E-state index contributed by atoms with van der Waals surface area (Å²) in [6.45, 7) is 5.75. The largest absolute Gasteiger partial charge is 0.291 e. The number of hydrogen-bond acceptors (Lipinski definition) is 1. The van der Waals surface area contributed by atoms with E-state index in [1.807, 2.05) is 0 Å². The molecule has 1 saturated heterocycles. The van der Waals surface area contributed by atoms with Gasteiger partial charge in [0.25, 0.3) is 0 Å². The SMILES string of the molecule is CC(C)N1C[C@H]1c1ccc2ccccc2c1. The number of fused-ring (bicyclic) bond motifs is 1. The lowest BCUT2D eigenvalue weighted by Gasteiger charge is -2.08. The summed E-state index contributed by atoms with van der Waals surface area (Å²) < 4.78 is 0. The van der Waals surface area contributed by atoms with Gasteiger partial charge in [-0.15, -0.1) is 0 Å². The summed E-state index contributed by atoms with van der Waals surface area (Å²) in [5.74, 6) is 0. The van der Waals surface area contributed by atoms with Crippen LogP contribution in [0.5, 0.6) is 0 Å². The molecule has 2 aromatic rings. The first kappa shape index (κ1) is 9.86. The van der Waals surface area contributed by atoms with Gasteiger partial charge in [0, 0.05) is 18.6 Å². The second-order valence-corrected chi connectivity index (χ2v) is 4.91. The van der Waals surface area contributed by atoms with Crippen LogP contribution < -0.4 is 0 Å². The monoisotopic (exact) mass is 211 g/mol. The van der Waals surface area contributed by atoms with Crippen LogP contribution in [-0.4, -0.2) is 17.5 Å². The van der Waals surface area contributed by atoms with E-state index >= 15 is 0 Å². The molecule has 1 unspecified atom stereocenters. The van der Waals surface area contributed by atoms with Gasteiger partial charge in [-0.1, -0.05) is 36.4 Å². The van der Waals surface area contributed by atoms with E-state index in [2.05, 4.69) is 61.2 Å². The first-order valence-corrected chi connectivity index (χ1v) is 6.00. The highest BCUT2D eigenvalue weighted by molar-refractivity contribution is 5.83. The molecular formula is C15H17N. The van der Waals surface area contributed by atoms with Crippen molar-refractivity contribution in [1.29, 1.82) is 0 Å². The van der Waals surface area contributed by atoms with E-state index in [1.165, 1.54) is 22.9 Å². The Morgan fingerprint density at radius 2 is 1.81 bits per heavy atom. The fourth-order valence-corrected chi connectivity index (χ4v) is 2.44. The van der Waals surface area contributed by atoms with Crippen molar-refractivity contribution >= 4 is 10.8 Å². The fourth-order valence-electron chi connectivity index (χ4n) is 2.44. The number of hydrogen-bond donors (Lipinski definition) is 0. The predicted molar refractivity (Wildman–Crippen MR) is 68.5 cm³/mol. The van der Waals surface area contributed by atoms with Crippen molar-refractivity contribution in [1.82, 2.24) is 4.90 Å². The zero-order valence-electron chi connectivity index (χ0n) is 9.85. The molecule has 2 aromatic carbocycles. The highest BCUT2D eigenvalue weighted by Gasteiger charge is 2.36. The zero-order valence-corrected chi connectivity index (χ0v) is 9.85. The lowest BCUT2D eigenvalue weighted by molar-refractivity contribution is 0.425. The molecule has 1 nitrogen and oxygen atoms in total. The van der Waals surface area contributed by atoms with Crippen molar-refractivity contribution in [3.8, 4) is 0 Å². The van der Waals surface area contributed by atoms with E-state index in [9.17, 15) is 0 Å². The Hall–Kier alpha value is -1.34. The molecule has 1 heterocycles. The second kappa shape index (κ2) is 3.60. The summed E-state index contributed by atoms with van der Waals surface area (Å²) >= 11 is 0. The van der Waals surface area contributed by atoms with Crippen molar-refractivity contribution in [2.45, 2.75) is 25.9 Å².